The van der Waals surface area contributed by atoms with E-state index in [4.69, 9.17) is 0 Å². The molecule has 0 radical (unpaired) electrons. The van der Waals surface area contributed by atoms with Crippen molar-refractivity contribution in [1.29, 1.82) is 0 Å². The Kier molecular flexibility index (Phi) is 4.34. The van der Waals surface area contributed by atoms with Crippen LogP contribution in [-0.4, -0.2) is 13.1 Å². The van der Waals surface area contributed by atoms with E-state index >= 15 is 0 Å². The Morgan fingerprint density at radius 1 is 1.47 bits per heavy atom. The van der Waals surface area contributed by atoms with Crippen LogP contribution in [0.3, 0.4) is 0 Å². The molecule has 1 heteroatoms. The van der Waals surface area contributed by atoms with Crippen molar-refractivity contribution in [2.24, 2.45) is 5.41 Å². The topological polar surface area (TPSA) is 12.0 Å². The van der Waals surface area contributed by atoms with Crippen molar-refractivity contribution in [1.82, 2.24) is 5.32 Å². The van der Waals surface area contributed by atoms with Crippen molar-refractivity contribution in [3.63, 3.8) is 0 Å². The summed E-state index contributed by atoms with van der Waals surface area (Å²) < 4.78 is 0. The van der Waals surface area contributed by atoms with E-state index in [2.05, 4.69) is 50.9 Å². The third-order valence-corrected chi connectivity index (χ3v) is 3.43. The van der Waals surface area contributed by atoms with Gasteiger partial charge in [0.2, 0.25) is 0 Å². The van der Waals surface area contributed by atoms with Gasteiger partial charge in [0, 0.05) is 12.0 Å². The second-order valence-corrected chi connectivity index (χ2v) is 4.35. The van der Waals surface area contributed by atoms with Gasteiger partial charge in [-0.25, -0.2) is 0 Å². The van der Waals surface area contributed by atoms with Gasteiger partial charge in [0.1, 0.15) is 0 Å². The van der Waals surface area contributed by atoms with Gasteiger partial charge in [-0.1, -0.05) is 43.2 Å². The second-order valence-electron chi connectivity index (χ2n) is 4.35. The molecule has 0 aliphatic heterocycles. The third kappa shape index (κ3) is 2.60. The van der Waals surface area contributed by atoms with Gasteiger partial charge in [0.15, 0.2) is 0 Å². The SMILES string of the molecule is C=C[C@@]1(CNCC)CC(CC)=CC=C1C. The summed E-state index contributed by atoms with van der Waals surface area (Å²) in [5.41, 5.74) is 3.10. The van der Waals surface area contributed by atoms with Gasteiger partial charge in [-0.15, -0.1) is 6.58 Å². The van der Waals surface area contributed by atoms with E-state index in [1.165, 1.54) is 11.1 Å². The zero-order chi connectivity index (χ0) is 11.3. The maximum absolute atomic E-state index is 4.02. The molecule has 15 heavy (non-hydrogen) atoms. The molecule has 1 rings (SSSR count). The maximum Gasteiger partial charge on any atom is 0.0250 e. The van der Waals surface area contributed by atoms with E-state index in [1.807, 2.05) is 0 Å². The lowest BCUT2D eigenvalue weighted by Gasteiger charge is -2.35. The molecular weight excluding hydrogens is 182 g/mol. The van der Waals surface area contributed by atoms with Crippen molar-refractivity contribution < 1.29 is 0 Å². The van der Waals surface area contributed by atoms with Crippen LogP contribution in [0.2, 0.25) is 0 Å². The van der Waals surface area contributed by atoms with Crippen molar-refractivity contribution in [2.75, 3.05) is 13.1 Å². The molecule has 0 saturated carbocycles. The molecule has 0 aromatic rings. The first-order valence-corrected chi connectivity index (χ1v) is 5.89. The van der Waals surface area contributed by atoms with Crippen molar-refractivity contribution in [3.05, 3.63) is 36.0 Å². The molecule has 1 nitrogen and oxygen atoms in total. The number of nitrogens with one attached hydrogen (secondary N) is 1. The fourth-order valence-corrected chi connectivity index (χ4v) is 2.11. The number of allylic oxidation sites excluding steroid dienone is 3. The van der Waals surface area contributed by atoms with Gasteiger partial charge in [0.05, 0.1) is 0 Å². The van der Waals surface area contributed by atoms with E-state index in [9.17, 15) is 0 Å². The van der Waals surface area contributed by atoms with Crippen LogP contribution in [0.15, 0.2) is 36.0 Å². The Hall–Kier alpha value is -0.820. The van der Waals surface area contributed by atoms with E-state index in [0.29, 0.717) is 0 Å². The van der Waals surface area contributed by atoms with Crippen LogP contribution in [0.5, 0.6) is 0 Å². The van der Waals surface area contributed by atoms with Crippen LogP contribution in [0.4, 0.5) is 0 Å². The zero-order valence-electron chi connectivity index (χ0n) is 10.3. The van der Waals surface area contributed by atoms with Crippen molar-refractivity contribution in [3.8, 4) is 0 Å². The highest BCUT2D eigenvalue weighted by Crippen LogP contribution is 2.39. The zero-order valence-corrected chi connectivity index (χ0v) is 10.3. The molecular formula is C14H23N. The fourth-order valence-electron chi connectivity index (χ4n) is 2.11. The van der Waals surface area contributed by atoms with Gasteiger partial charge >= 0.3 is 0 Å². The maximum atomic E-state index is 4.02. The lowest BCUT2D eigenvalue weighted by Crippen LogP contribution is -2.35. The predicted octanol–water partition coefficient (Wildman–Crippen LogP) is 3.45. The van der Waals surface area contributed by atoms with E-state index in [1.54, 1.807) is 0 Å². The lowest BCUT2D eigenvalue weighted by molar-refractivity contribution is 0.413. The summed E-state index contributed by atoms with van der Waals surface area (Å²) in [4.78, 5) is 0. The molecule has 0 spiro atoms. The summed E-state index contributed by atoms with van der Waals surface area (Å²) in [7, 11) is 0. The lowest BCUT2D eigenvalue weighted by atomic mass is 9.72. The highest BCUT2D eigenvalue weighted by molar-refractivity contribution is 5.34. The first-order valence-electron chi connectivity index (χ1n) is 5.89. The summed E-state index contributed by atoms with van der Waals surface area (Å²) in [5, 5.41) is 3.45. The average Bonchev–Trinajstić information content (AvgIpc) is 2.28. The first kappa shape index (κ1) is 12.3. The second kappa shape index (κ2) is 5.32. The number of rotatable bonds is 5. The molecule has 0 aromatic carbocycles. The Bertz CT molecular complexity index is 286. The summed E-state index contributed by atoms with van der Waals surface area (Å²) in [5.74, 6) is 0. The molecule has 1 N–H and O–H groups in total. The summed E-state index contributed by atoms with van der Waals surface area (Å²) in [6.07, 6.45) is 8.91. The molecule has 0 aromatic heterocycles. The summed E-state index contributed by atoms with van der Waals surface area (Å²) in [6, 6.07) is 0. The smallest absolute Gasteiger partial charge is 0.0250 e. The van der Waals surface area contributed by atoms with E-state index < -0.39 is 0 Å². The molecule has 84 valence electrons. The minimum absolute atomic E-state index is 0.149. The molecule has 0 bridgehead atoms. The highest BCUT2D eigenvalue weighted by atomic mass is 14.9. The molecule has 1 aliphatic rings. The van der Waals surface area contributed by atoms with Crippen LogP contribution in [0.25, 0.3) is 0 Å². The standard InChI is InChI=1S/C14H23N/c1-5-13-9-8-12(4)14(6-2,10-13)11-15-7-3/h6,8-9,15H,2,5,7,10-11H2,1,3-4H3/t14-/m0/s1. The molecule has 0 heterocycles. The molecule has 0 unspecified atom stereocenters. The normalized spacial score (nSPS) is 25.8. The minimum atomic E-state index is 0.149. The summed E-state index contributed by atoms with van der Waals surface area (Å²) in [6.45, 7) is 12.6. The van der Waals surface area contributed by atoms with Gasteiger partial charge in [-0.3, -0.25) is 0 Å². The van der Waals surface area contributed by atoms with Crippen LogP contribution in [-0.2, 0) is 0 Å². The molecule has 1 aliphatic carbocycles. The van der Waals surface area contributed by atoms with Gasteiger partial charge in [-0.2, -0.15) is 0 Å². The molecule has 1 atom stereocenters. The Balaban J connectivity index is 2.86. The predicted molar refractivity (Wildman–Crippen MR) is 67.9 cm³/mol. The molecule has 0 saturated heterocycles. The Morgan fingerprint density at radius 3 is 2.73 bits per heavy atom. The quantitative estimate of drug-likeness (QED) is 0.678. The molecule has 0 fully saturated rings. The van der Waals surface area contributed by atoms with Gasteiger partial charge in [0.25, 0.3) is 0 Å². The third-order valence-electron chi connectivity index (χ3n) is 3.43. The molecule has 0 amide bonds. The van der Waals surface area contributed by atoms with Crippen LogP contribution < -0.4 is 5.32 Å². The van der Waals surface area contributed by atoms with Crippen molar-refractivity contribution in [2.45, 2.75) is 33.6 Å². The highest BCUT2D eigenvalue weighted by Gasteiger charge is 2.30. The summed E-state index contributed by atoms with van der Waals surface area (Å²) >= 11 is 0. The fraction of sp³-hybridized carbons (Fsp3) is 0.571. The van der Waals surface area contributed by atoms with Gasteiger partial charge in [-0.05, 0) is 26.3 Å². The van der Waals surface area contributed by atoms with Gasteiger partial charge < -0.3 is 5.32 Å². The number of hydrogen-bond acceptors (Lipinski definition) is 1. The van der Waals surface area contributed by atoms with E-state index in [-0.39, 0.29) is 5.41 Å². The van der Waals surface area contributed by atoms with Crippen LogP contribution in [0.1, 0.15) is 33.6 Å². The number of hydrogen-bond donors (Lipinski definition) is 1. The Morgan fingerprint density at radius 2 is 2.20 bits per heavy atom. The minimum Gasteiger partial charge on any atom is -0.316 e. The van der Waals surface area contributed by atoms with Crippen LogP contribution in [0, 0.1) is 5.41 Å². The monoisotopic (exact) mass is 205 g/mol. The first-order chi connectivity index (χ1) is 7.18. The van der Waals surface area contributed by atoms with Crippen LogP contribution >= 0.6 is 0 Å². The average molecular weight is 205 g/mol. The van der Waals surface area contributed by atoms with E-state index in [0.717, 1.165) is 25.9 Å². The largest absolute Gasteiger partial charge is 0.316 e. The van der Waals surface area contributed by atoms with Crippen molar-refractivity contribution >= 4 is 0 Å². The Labute approximate surface area is 94.0 Å².